The van der Waals surface area contributed by atoms with Crippen molar-refractivity contribution < 1.29 is 13.2 Å². The number of rotatable bonds is 6. The minimum Gasteiger partial charge on any atom is -0.301 e. The third-order valence-corrected chi connectivity index (χ3v) is 6.58. The molecular formula is C20H21ClN4O3S. The van der Waals surface area contributed by atoms with Crippen molar-refractivity contribution >= 4 is 44.5 Å². The molecule has 0 radical (unpaired) electrons. The molecule has 9 heteroatoms. The number of hydrogen-bond donors (Lipinski definition) is 1. The van der Waals surface area contributed by atoms with Gasteiger partial charge < -0.3 is 4.57 Å². The number of sulfonamides is 1. The van der Waals surface area contributed by atoms with Crippen molar-refractivity contribution in [2.24, 2.45) is 13.0 Å². The van der Waals surface area contributed by atoms with Crippen molar-refractivity contribution in [2.45, 2.75) is 19.8 Å². The van der Waals surface area contributed by atoms with E-state index in [2.05, 4.69) is 9.82 Å². The minimum absolute atomic E-state index is 0.00165. The van der Waals surface area contributed by atoms with Gasteiger partial charge in [-0.25, -0.2) is 13.1 Å². The molecular weight excluding hydrogens is 412 g/mol. The monoisotopic (exact) mass is 432 g/mol. The topological polar surface area (TPSA) is 86.0 Å². The lowest BCUT2D eigenvalue weighted by Crippen LogP contribution is -2.31. The number of nitrogens with one attached hydrogen (secondary N) is 1. The summed E-state index contributed by atoms with van der Waals surface area (Å²) in [5.41, 5.74) is 2.40. The quantitative estimate of drug-likeness (QED) is 0.606. The highest BCUT2D eigenvalue weighted by Crippen LogP contribution is 2.30. The molecule has 1 amide bonds. The van der Waals surface area contributed by atoms with Gasteiger partial charge in [0.2, 0.25) is 10.0 Å². The van der Waals surface area contributed by atoms with Gasteiger partial charge in [-0.1, -0.05) is 11.6 Å². The number of carbonyl (C=O) groups excluding carboxylic acids is 1. The highest BCUT2D eigenvalue weighted by molar-refractivity contribution is 7.90. The molecule has 1 aromatic carbocycles. The van der Waals surface area contributed by atoms with Crippen molar-refractivity contribution in [3.05, 3.63) is 52.8 Å². The Bertz CT molecular complexity index is 1240. The van der Waals surface area contributed by atoms with Crippen molar-refractivity contribution in [3.8, 4) is 5.82 Å². The maximum Gasteiger partial charge on any atom is 0.257 e. The molecule has 4 rings (SSSR count). The Balaban J connectivity index is 1.64. The van der Waals surface area contributed by atoms with Gasteiger partial charge in [-0.05, 0) is 56.0 Å². The molecule has 0 spiro atoms. The number of fused-ring (bicyclic) bond motifs is 1. The van der Waals surface area contributed by atoms with E-state index in [4.69, 9.17) is 11.6 Å². The molecule has 0 atom stereocenters. The Morgan fingerprint density at radius 3 is 2.83 bits per heavy atom. The van der Waals surface area contributed by atoms with E-state index in [1.807, 2.05) is 49.0 Å². The van der Waals surface area contributed by atoms with Crippen LogP contribution in [-0.4, -0.2) is 34.4 Å². The predicted molar refractivity (Wildman–Crippen MR) is 113 cm³/mol. The summed E-state index contributed by atoms with van der Waals surface area (Å²) in [4.78, 5) is 12.2. The van der Waals surface area contributed by atoms with Gasteiger partial charge in [0.05, 0.1) is 17.0 Å². The first kappa shape index (κ1) is 19.7. The number of hydrogen-bond acceptors (Lipinski definition) is 4. The number of nitrogens with zero attached hydrogens (tertiary/aromatic N) is 3. The number of benzene rings is 1. The van der Waals surface area contributed by atoms with Gasteiger partial charge >= 0.3 is 0 Å². The van der Waals surface area contributed by atoms with Crippen LogP contribution in [0.25, 0.3) is 22.8 Å². The van der Waals surface area contributed by atoms with Crippen LogP contribution in [0.15, 0.2) is 36.5 Å². The first-order valence-electron chi connectivity index (χ1n) is 9.26. The van der Waals surface area contributed by atoms with Crippen molar-refractivity contribution in [3.63, 3.8) is 0 Å². The van der Waals surface area contributed by atoms with Crippen LogP contribution < -0.4 is 4.72 Å². The molecule has 1 saturated carbocycles. The van der Waals surface area contributed by atoms with E-state index >= 15 is 0 Å². The average Bonchev–Trinajstić information content (AvgIpc) is 3.25. The number of carbonyl (C=O) groups is 1. The molecule has 152 valence electrons. The summed E-state index contributed by atoms with van der Waals surface area (Å²) >= 11 is 6.08. The SMILES string of the molecule is Cc1nn(C)c(-n2ccc3cc(Cl)ccc32)c1C=CC(=O)NS(=O)(=O)CC1CC1. The second-order valence-electron chi connectivity index (χ2n) is 7.36. The van der Waals surface area contributed by atoms with Crippen LogP contribution in [0, 0.1) is 12.8 Å². The molecule has 0 aliphatic heterocycles. The molecule has 0 saturated heterocycles. The molecule has 0 unspecified atom stereocenters. The molecule has 1 aliphatic carbocycles. The van der Waals surface area contributed by atoms with Crippen LogP contribution >= 0.6 is 11.6 Å². The molecule has 2 heterocycles. The molecule has 7 nitrogen and oxygen atoms in total. The minimum atomic E-state index is -3.60. The summed E-state index contributed by atoms with van der Waals surface area (Å²) in [5.74, 6) is 0.280. The third-order valence-electron chi connectivity index (χ3n) is 4.93. The zero-order valence-electron chi connectivity index (χ0n) is 16.1. The lowest BCUT2D eigenvalue weighted by atomic mass is 10.2. The average molecular weight is 433 g/mol. The summed E-state index contributed by atoms with van der Waals surface area (Å²) in [5, 5.41) is 6.10. The van der Waals surface area contributed by atoms with Gasteiger partial charge in [0.1, 0.15) is 5.82 Å². The third kappa shape index (κ3) is 4.23. The zero-order valence-corrected chi connectivity index (χ0v) is 17.7. The van der Waals surface area contributed by atoms with Gasteiger partial charge in [-0.2, -0.15) is 5.10 Å². The summed E-state index contributed by atoms with van der Waals surface area (Å²) < 4.78 is 29.8. The lowest BCUT2D eigenvalue weighted by Gasteiger charge is -2.08. The van der Waals surface area contributed by atoms with Crippen LogP contribution in [0.1, 0.15) is 24.1 Å². The van der Waals surface area contributed by atoms with E-state index in [1.54, 1.807) is 10.8 Å². The highest BCUT2D eigenvalue weighted by Gasteiger charge is 2.28. The molecule has 0 bridgehead atoms. The summed E-state index contributed by atoms with van der Waals surface area (Å²) in [6, 6.07) is 7.57. The highest BCUT2D eigenvalue weighted by atomic mass is 35.5. The number of halogens is 1. The molecule has 3 aromatic rings. The molecule has 2 aromatic heterocycles. The van der Waals surface area contributed by atoms with Crippen LogP contribution in [0.5, 0.6) is 0 Å². The zero-order chi connectivity index (χ0) is 20.8. The fourth-order valence-electron chi connectivity index (χ4n) is 3.42. The van der Waals surface area contributed by atoms with Crippen molar-refractivity contribution in [1.82, 2.24) is 19.1 Å². The van der Waals surface area contributed by atoms with Crippen molar-refractivity contribution in [2.75, 3.05) is 5.75 Å². The number of aryl methyl sites for hydroxylation is 2. The number of aromatic nitrogens is 3. The van der Waals surface area contributed by atoms with Crippen LogP contribution in [0.3, 0.4) is 0 Å². The van der Waals surface area contributed by atoms with E-state index in [9.17, 15) is 13.2 Å². The lowest BCUT2D eigenvalue weighted by molar-refractivity contribution is -0.114. The molecule has 1 aliphatic rings. The Morgan fingerprint density at radius 2 is 2.10 bits per heavy atom. The summed E-state index contributed by atoms with van der Waals surface area (Å²) in [6.45, 7) is 1.84. The summed E-state index contributed by atoms with van der Waals surface area (Å²) in [7, 11) is -1.78. The van der Waals surface area contributed by atoms with Gasteiger partial charge in [0, 0.05) is 35.3 Å². The summed E-state index contributed by atoms with van der Waals surface area (Å²) in [6.07, 6.45) is 6.55. The Labute approximate surface area is 174 Å². The van der Waals surface area contributed by atoms with Crippen LogP contribution in [-0.2, 0) is 21.9 Å². The normalized spacial score (nSPS) is 14.7. The first-order valence-corrected chi connectivity index (χ1v) is 11.3. The van der Waals surface area contributed by atoms with Crippen LogP contribution in [0.2, 0.25) is 5.02 Å². The van der Waals surface area contributed by atoms with E-state index in [0.29, 0.717) is 5.02 Å². The fraction of sp³-hybridized carbons (Fsp3) is 0.300. The van der Waals surface area contributed by atoms with Gasteiger partial charge in [0.15, 0.2) is 0 Å². The smallest absolute Gasteiger partial charge is 0.257 e. The van der Waals surface area contributed by atoms with E-state index in [1.165, 1.54) is 6.08 Å². The molecule has 1 N–H and O–H groups in total. The van der Waals surface area contributed by atoms with E-state index in [-0.39, 0.29) is 11.7 Å². The van der Waals surface area contributed by atoms with Gasteiger partial charge in [-0.3, -0.25) is 9.48 Å². The first-order chi connectivity index (χ1) is 13.7. The second-order valence-corrected chi connectivity index (χ2v) is 9.56. The largest absolute Gasteiger partial charge is 0.301 e. The predicted octanol–water partition coefficient (Wildman–Crippen LogP) is 3.20. The maximum absolute atomic E-state index is 12.2. The molecule has 29 heavy (non-hydrogen) atoms. The van der Waals surface area contributed by atoms with Gasteiger partial charge in [-0.15, -0.1) is 0 Å². The fourth-order valence-corrected chi connectivity index (χ4v) is 5.02. The Hall–Kier alpha value is -2.58. The maximum atomic E-state index is 12.2. The van der Waals surface area contributed by atoms with Gasteiger partial charge in [0.25, 0.3) is 5.91 Å². The standard InChI is InChI=1S/C20H21ClN4O3S/c1-13-17(6-8-19(26)23-29(27,28)12-14-3-4-14)20(24(2)22-13)25-10-9-15-11-16(21)5-7-18(15)25/h5-11,14H,3-4,12H2,1-2H3,(H,23,26). The molecule has 1 fully saturated rings. The van der Waals surface area contributed by atoms with E-state index in [0.717, 1.165) is 40.8 Å². The van der Waals surface area contributed by atoms with Crippen molar-refractivity contribution in [1.29, 1.82) is 0 Å². The Morgan fingerprint density at radius 1 is 1.34 bits per heavy atom. The second kappa shape index (κ2) is 7.35. The number of amides is 1. The Kier molecular flexibility index (Phi) is 5.00. The van der Waals surface area contributed by atoms with Crippen LogP contribution in [0.4, 0.5) is 0 Å². The van der Waals surface area contributed by atoms with E-state index < -0.39 is 15.9 Å².